The van der Waals surface area contributed by atoms with E-state index in [4.69, 9.17) is 5.73 Å². The standard InChI is InChI=1S/C8H8FN3O2S/c9-6-3-1-2-5(4-6)7-8(10)12-15(13,14)11-7/h1-4,7,11H,(H2,10,12)/t7-/m0/s1. The van der Waals surface area contributed by atoms with Crippen LogP contribution >= 0.6 is 0 Å². The van der Waals surface area contributed by atoms with Crippen molar-refractivity contribution in [3.8, 4) is 0 Å². The second-order valence-electron chi connectivity index (χ2n) is 3.10. The van der Waals surface area contributed by atoms with Crippen LogP contribution in [0.3, 0.4) is 0 Å². The van der Waals surface area contributed by atoms with Crippen molar-refractivity contribution >= 4 is 16.0 Å². The van der Waals surface area contributed by atoms with Crippen LogP contribution in [-0.2, 0) is 10.2 Å². The summed E-state index contributed by atoms with van der Waals surface area (Å²) in [5, 5.41) is 0. The molecule has 1 aromatic carbocycles. The first-order valence-electron chi connectivity index (χ1n) is 4.11. The minimum absolute atomic E-state index is 0.0828. The van der Waals surface area contributed by atoms with Gasteiger partial charge in [0.05, 0.1) is 0 Å². The molecule has 1 heterocycles. The fraction of sp³-hybridized carbons (Fsp3) is 0.125. The topological polar surface area (TPSA) is 84.5 Å². The first-order valence-corrected chi connectivity index (χ1v) is 5.55. The van der Waals surface area contributed by atoms with E-state index in [1.165, 1.54) is 18.2 Å². The fourth-order valence-corrected chi connectivity index (χ4v) is 2.34. The molecule has 1 aliphatic heterocycles. The highest BCUT2D eigenvalue weighted by Gasteiger charge is 2.29. The molecular weight excluding hydrogens is 221 g/mol. The minimum Gasteiger partial charge on any atom is -0.385 e. The molecule has 0 unspecified atom stereocenters. The lowest BCUT2D eigenvalue weighted by molar-refractivity contribution is 0.584. The Morgan fingerprint density at radius 2 is 2.20 bits per heavy atom. The Morgan fingerprint density at radius 1 is 1.47 bits per heavy atom. The van der Waals surface area contributed by atoms with Crippen molar-refractivity contribution in [1.29, 1.82) is 0 Å². The van der Waals surface area contributed by atoms with Crippen LogP contribution in [0.1, 0.15) is 11.6 Å². The van der Waals surface area contributed by atoms with Gasteiger partial charge in [-0.15, -0.1) is 4.40 Å². The summed E-state index contributed by atoms with van der Waals surface area (Å²) in [5.74, 6) is -0.535. The molecule has 15 heavy (non-hydrogen) atoms. The van der Waals surface area contributed by atoms with Gasteiger partial charge in [0.25, 0.3) is 0 Å². The van der Waals surface area contributed by atoms with Gasteiger partial charge in [0.15, 0.2) is 0 Å². The van der Waals surface area contributed by atoms with Crippen molar-refractivity contribution in [3.05, 3.63) is 35.6 Å². The Hall–Kier alpha value is -1.47. The molecule has 1 atom stereocenters. The summed E-state index contributed by atoms with van der Waals surface area (Å²) in [6, 6.07) is 4.75. The SMILES string of the molecule is NC1=NS(=O)(=O)N[C@H]1c1cccc(F)c1. The van der Waals surface area contributed by atoms with Crippen LogP contribution in [0.5, 0.6) is 0 Å². The summed E-state index contributed by atoms with van der Waals surface area (Å²) >= 11 is 0. The van der Waals surface area contributed by atoms with E-state index in [9.17, 15) is 12.8 Å². The maximum absolute atomic E-state index is 12.9. The lowest BCUT2D eigenvalue weighted by Crippen LogP contribution is -2.28. The summed E-state index contributed by atoms with van der Waals surface area (Å²) in [4.78, 5) is 0. The highest BCUT2D eigenvalue weighted by atomic mass is 32.2. The number of rotatable bonds is 1. The third-order valence-electron chi connectivity index (χ3n) is 1.97. The quantitative estimate of drug-likeness (QED) is 0.714. The molecule has 0 fully saturated rings. The Kier molecular flexibility index (Phi) is 2.20. The van der Waals surface area contributed by atoms with E-state index in [-0.39, 0.29) is 5.84 Å². The number of nitrogens with one attached hydrogen (secondary N) is 1. The zero-order valence-electron chi connectivity index (χ0n) is 7.51. The Labute approximate surface area is 86.0 Å². The summed E-state index contributed by atoms with van der Waals surface area (Å²) < 4.78 is 40.4. The molecule has 3 N–H and O–H groups in total. The van der Waals surface area contributed by atoms with E-state index in [1.54, 1.807) is 6.07 Å². The summed E-state index contributed by atoms with van der Waals surface area (Å²) in [7, 11) is -3.72. The monoisotopic (exact) mass is 229 g/mol. The first-order chi connectivity index (χ1) is 6.98. The molecule has 0 amide bonds. The number of nitrogens with two attached hydrogens (primary N) is 1. The highest BCUT2D eigenvalue weighted by molar-refractivity contribution is 7.88. The van der Waals surface area contributed by atoms with Gasteiger partial charge in [-0.25, -0.2) is 4.39 Å². The third-order valence-corrected chi connectivity index (χ3v) is 2.95. The van der Waals surface area contributed by atoms with E-state index in [0.29, 0.717) is 5.56 Å². The minimum atomic E-state index is -3.72. The largest absolute Gasteiger partial charge is 0.385 e. The van der Waals surface area contributed by atoms with Crippen LogP contribution in [0, 0.1) is 5.82 Å². The number of halogens is 1. The molecule has 0 saturated carbocycles. The van der Waals surface area contributed by atoms with Gasteiger partial charge in [0, 0.05) is 0 Å². The van der Waals surface area contributed by atoms with E-state index in [0.717, 1.165) is 0 Å². The van der Waals surface area contributed by atoms with E-state index >= 15 is 0 Å². The van der Waals surface area contributed by atoms with Crippen molar-refractivity contribution in [2.75, 3.05) is 0 Å². The molecule has 0 radical (unpaired) electrons. The maximum atomic E-state index is 12.9. The average molecular weight is 229 g/mol. The zero-order valence-corrected chi connectivity index (χ0v) is 8.33. The molecule has 5 nitrogen and oxygen atoms in total. The van der Waals surface area contributed by atoms with Gasteiger partial charge < -0.3 is 5.73 Å². The van der Waals surface area contributed by atoms with E-state index in [2.05, 4.69) is 9.12 Å². The van der Waals surface area contributed by atoms with E-state index in [1.807, 2.05) is 0 Å². The van der Waals surface area contributed by atoms with Gasteiger partial charge in [-0.05, 0) is 17.7 Å². The van der Waals surface area contributed by atoms with Crippen molar-refractivity contribution in [1.82, 2.24) is 4.72 Å². The molecule has 80 valence electrons. The molecule has 1 aliphatic rings. The van der Waals surface area contributed by atoms with Crippen LogP contribution < -0.4 is 10.5 Å². The number of hydrogen-bond donors (Lipinski definition) is 2. The van der Waals surface area contributed by atoms with Crippen molar-refractivity contribution in [2.24, 2.45) is 10.1 Å². The summed E-state index contributed by atoms with van der Waals surface area (Å²) in [6.45, 7) is 0. The highest BCUT2D eigenvalue weighted by Crippen LogP contribution is 2.20. The molecule has 0 aliphatic carbocycles. The molecule has 0 bridgehead atoms. The number of hydrogen-bond acceptors (Lipinski definition) is 3. The van der Waals surface area contributed by atoms with Crippen LogP contribution in [0.2, 0.25) is 0 Å². The van der Waals surface area contributed by atoms with Crippen LogP contribution in [-0.4, -0.2) is 14.3 Å². The van der Waals surface area contributed by atoms with Crippen molar-refractivity contribution in [2.45, 2.75) is 6.04 Å². The molecular formula is C8H8FN3O2S. The number of amidine groups is 1. The van der Waals surface area contributed by atoms with Crippen LogP contribution in [0.4, 0.5) is 4.39 Å². The van der Waals surface area contributed by atoms with Crippen molar-refractivity contribution in [3.63, 3.8) is 0 Å². The van der Waals surface area contributed by atoms with Gasteiger partial charge in [0.2, 0.25) is 0 Å². The normalized spacial score (nSPS) is 23.8. The second-order valence-corrected chi connectivity index (χ2v) is 4.47. The molecule has 7 heteroatoms. The third kappa shape index (κ3) is 1.97. The molecule has 1 aromatic rings. The lowest BCUT2D eigenvalue weighted by atomic mass is 10.1. The summed E-state index contributed by atoms with van der Waals surface area (Å²) in [6.07, 6.45) is 0. The Balaban J connectivity index is 2.40. The molecule has 0 saturated heterocycles. The predicted octanol–water partition coefficient (Wildman–Crippen LogP) is 0.0720. The van der Waals surface area contributed by atoms with E-state index < -0.39 is 22.1 Å². The fourth-order valence-electron chi connectivity index (χ4n) is 1.35. The second kappa shape index (κ2) is 3.28. The Bertz CT molecular complexity index is 526. The Morgan fingerprint density at radius 3 is 2.73 bits per heavy atom. The molecule has 0 aromatic heterocycles. The average Bonchev–Trinajstić information content (AvgIpc) is 2.40. The van der Waals surface area contributed by atoms with Crippen molar-refractivity contribution < 1.29 is 12.8 Å². The van der Waals surface area contributed by atoms with Crippen LogP contribution in [0.15, 0.2) is 28.7 Å². The van der Waals surface area contributed by atoms with Crippen LogP contribution in [0.25, 0.3) is 0 Å². The number of nitrogens with zero attached hydrogens (tertiary/aromatic N) is 1. The first kappa shape index (κ1) is 10.1. The maximum Gasteiger partial charge on any atom is 0.322 e. The smallest absolute Gasteiger partial charge is 0.322 e. The zero-order chi connectivity index (χ0) is 11.1. The molecule has 2 rings (SSSR count). The van der Waals surface area contributed by atoms with Gasteiger partial charge >= 0.3 is 10.2 Å². The van der Waals surface area contributed by atoms with Gasteiger partial charge in [0.1, 0.15) is 17.7 Å². The molecule has 0 spiro atoms. The van der Waals surface area contributed by atoms with Gasteiger partial charge in [-0.2, -0.15) is 13.1 Å². The van der Waals surface area contributed by atoms with Gasteiger partial charge in [-0.3, -0.25) is 0 Å². The summed E-state index contributed by atoms with van der Waals surface area (Å²) in [5.41, 5.74) is 5.85. The van der Waals surface area contributed by atoms with Gasteiger partial charge in [-0.1, -0.05) is 12.1 Å². The lowest BCUT2D eigenvalue weighted by Gasteiger charge is -2.09. The predicted molar refractivity (Wildman–Crippen MR) is 52.8 cm³/mol. The number of benzene rings is 1.